The molecule has 6 nitrogen and oxygen atoms in total. The van der Waals surface area contributed by atoms with E-state index in [9.17, 15) is 8.42 Å². The number of halogens is 1. The highest BCUT2D eigenvalue weighted by atomic mass is 35.5. The molecule has 2 aliphatic rings. The largest absolute Gasteiger partial charge is 0.486 e. The zero-order chi connectivity index (χ0) is 20.0. The molecule has 3 heterocycles. The maximum absolute atomic E-state index is 13.6. The van der Waals surface area contributed by atoms with Gasteiger partial charge in [0.2, 0.25) is 10.0 Å². The molecule has 5 rings (SSSR count). The summed E-state index contributed by atoms with van der Waals surface area (Å²) in [5.74, 6) is 1.03. The Morgan fingerprint density at radius 2 is 1.69 bits per heavy atom. The maximum atomic E-state index is 13.6. The van der Waals surface area contributed by atoms with Gasteiger partial charge in [-0.2, -0.15) is 4.31 Å². The van der Waals surface area contributed by atoms with Crippen LogP contribution in [-0.2, 0) is 16.6 Å². The Balaban J connectivity index is 1.60. The van der Waals surface area contributed by atoms with Gasteiger partial charge in [0.1, 0.15) is 13.2 Å². The van der Waals surface area contributed by atoms with E-state index in [1.54, 1.807) is 34.6 Å². The van der Waals surface area contributed by atoms with E-state index in [0.29, 0.717) is 42.8 Å². The predicted octanol–water partition coefficient (Wildman–Crippen LogP) is 3.71. The van der Waals surface area contributed by atoms with Crippen molar-refractivity contribution < 1.29 is 17.9 Å². The highest BCUT2D eigenvalue weighted by Gasteiger charge is 2.38. The average Bonchev–Trinajstić information content (AvgIpc) is 3.22. The van der Waals surface area contributed by atoms with Crippen molar-refractivity contribution in [2.75, 3.05) is 19.8 Å². The number of ether oxygens (including phenoxy) is 2. The van der Waals surface area contributed by atoms with Crippen LogP contribution < -0.4 is 9.47 Å². The van der Waals surface area contributed by atoms with Gasteiger partial charge in [-0.25, -0.2) is 8.42 Å². The second kappa shape index (κ2) is 7.09. The van der Waals surface area contributed by atoms with E-state index in [1.807, 2.05) is 30.5 Å². The normalized spacial score (nSPS) is 19.0. The Morgan fingerprint density at radius 1 is 0.931 bits per heavy atom. The number of nitrogens with zero attached hydrogens (tertiary/aromatic N) is 2. The number of hydrogen-bond donors (Lipinski definition) is 0. The summed E-state index contributed by atoms with van der Waals surface area (Å²) in [4.78, 5) is 0.195. The zero-order valence-corrected chi connectivity index (χ0v) is 17.1. The molecule has 29 heavy (non-hydrogen) atoms. The highest BCUT2D eigenvalue weighted by Crippen LogP contribution is 2.39. The van der Waals surface area contributed by atoms with Crippen LogP contribution in [0.15, 0.2) is 65.7 Å². The van der Waals surface area contributed by atoms with Gasteiger partial charge in [-0.1, -0.05) is 23.7 Å². The van der Waals surface area contributed by atoms with Crippen molar-refractivity contribution in [2.45, 2.75) is 17.5 Å². The van der Waals surface area contributed by atoms with Crippen molar-refractivity contribution in [3.63, 3.8) is 0 Å². The summed E-state index contributed by atoms with van der Waals surface area (Å²) in [6, 6.07) is 15.6. The van der Waals surface area contributed by atoms with E-state index < -0.39 is 16.1 Å². The first-order chi connectivity index (χ1) is 14.0. The highest BCUT2D eigenvalue weighted by molar-refractivity contribution is 7.89. The van der Waals surface area contributed by atoms with E-state index in [4.69, 9.17) is 21.1 Å². The van der Waals surface area contributed by atoms with Gasteiger partial charge in [-0.05, 0) is 42.0 Å². The lowest BCUT2D eigenvalue weighted by Crippen LogP contribution is -2.42. The Kier molecular flexibility index (Phi) is 4.53. The van der Waals surface area contributed by atoms with E-state index in [-0.39, 0.29) is 4.90 Å². The van der Waals surface area contributed by atoms with Crippen LogP contribution in [0, 0.1) is 0 Å². The van der Waals surface area contributed by atoms with E-state index in [0.717, 1.165) is 11.3 Å². The molecule has 0 radical (unpaired) electrons. The summed E-state index contributed by atoms with van der Waals surface area (Å²) >= 11 is 6.06. The Bertz CT molecular complexity index is 1160. The molecule has 0 spiro atoms. The van der Waals surface area contributed by atoms with Crippen molar-refractivity contribution in [1.29, 1.82) is 0 Å². The molecule has 0 fully saturated rings. The first-order valence-corrected chi connectivity index (χ1v) is 11.2. The van der Waals surface area contributed by atoms with Gasteiger partial charge in [0, 0.05) is 36.1 Å². The van der Waals surface area contributed by atoms with Crippen LogP contribution >= 0.6 is 11.6 Å². The predicted molar refractivity (Wildman–Crippen MR) is 109 cm³/mol. The lowest BCUT2D eigenvalue weighted by molar-refractivity contribution is 0.171. The van der Waals surface area contributed by atoms with Gasteiger partial charge in [-0.3, -0.25) is 0 Å². The second-order valence-corrected chi connectivity index (χ2v) is 9.33. The molecule has 0 amide bonds. The van der Waals surface area contributed by atoms with Crippen LogP contribution in [0.4, 0.5) is 0 Å². The minimum Gasteiger partial charge on any atom is -0.486 e. The molecule has 150 valence electrons. The molecule has 3 aromatic rings. The van der Waals surface area contributed by atoms with Crippen molar-refractivity contribution in [1.82, 2.24) is 8.87 Å². The minimum atomic E-state index is -3.77. The molecule has 0 aliphatic carbocycles. The van der Waals surface area contributed by atoms with E-state index >= 15 is 0 Å². The average molecular weight is 431 g/mol. The molecule has 2 aliphatic heterocycles. The fourth-order valence-electron chi connectivity index (χ4n) is 3.92. The van der Waals surface area contributed by atoms with Crippen molar-refractivity contribution >= 4 is 21.6 Å². The third-order valence-electron chi connectivity index (χ3n) is 5.30. The summed E-state index contributed by atoms with van der Waals surface area (Å²) in [5, 5.41) is 0.612. The molecule has 0 N–H and O–H groups in total. The number of hydrogen-bond acceptors (Lipinski definition) is 4. The molecule has 8 heteroatoms. The van der Waals surface area contributed by atoms with Gasteiger partial charge in [-0.15, -0.1) is 0 Å². The minimum absolute atomic E-state index is 0.195. The second-order valence-electron chi connectivity index (χ2n) is 7.00. The Morgan fingerprint density at radius 3 is 2.48 bits per heavy atom. The maximum Gasteiger partial charge on any atom is 0.244 e. The van der Waals surface area contributed by atoms with Crippen molar-refractivity contribution in [2.24, 2.45) is 0 Å². The summed E-state index contributed by atoms with van der Waals surface area (Å²) in [5.41, 5.74) is 1.80. The summed E-state index contributed by atoms with van der Waals surface area (Å²) in [6.07, 6.45) is 1.98. The van der Waals surface area contributed by atoms with Crippen molar-refractivity contribution in [3.05, 3.63) is 77.1 Å². The molecular formula is C21H19ClN2O4S. The van der Waals surface area contributed by atoms with Crippen molar-refractivity contribution in [3.8, 4) is 11.5 Å². The number of sulfonamides is 1. The third-order valence-corrected chi connectivity index (χ3v) is 7.41. The molecule has 2 aromatic carbocycles. The van der Waals surface area contributed by atoms with E-state index in [2.05, 4.69) is 4.57 Å². The lowest BCUT2D eigenvalue weighted by atomic mass is 10.0. The Labute approximate surface area is 174 Å². The monoisotopic (exact) mass is 430 g/mol. The number of rotatable bonds is 3. The van der Waals surface area contributed by atoms with E-state index in [1.165, 1.54) is 0 Å². The fraction of sp³-hybridized carbons (Fsp3) is 0.238. The molecule has 0 saturated carbocycles. The molecule has 1 atom stereocenters. The quantitative estimate of drug-likeness (QED) is 0.635. The number of fused-ring (bicyclic) bond motifs is 2. The first-order valence-electron chi connectivity index (χ1n) is 9.36. The fourth-order valence-corrected chi connectivity index (χ4v) is 5.64. The van der Waals surface area contributed by atoms with Crippen LogP contribution in [0.5, 0.6) is 11.5 Å². The van der Waals surface area contributed by atoms with Gasteiger partial charge in [0.05, 0.1) is 10.9 Å². The third kappa shape index (κ3) is 3.19. The standard InChI is InChI=1S/C21H19ClN2O4S/c22-16-5-3-15(4-6-16)21-18-2-1-9-23(18)10-11-24(21)29(25,26)17-7-8-19-20(14-17)28-13-12-27-19/h1-9,14,21H,10-13H2/t21-/m1/s1. The van der Waals surface area contributed by atoms with Gasteiger partial charge >= 0.3 is 0 Å². The van der Waals surface area contributed by atoms with Crippen LogP contribution in [0.2, 0.25) is 5.02 Å². The first kappa shape index (κ1) is 18.5. The molecular weight excluding hydrogens is 412 g/mol. The smallest absolute Gasteiger partial charge is 0.244 e. The number of benzene rings is 2. The Hall–Kier alpha value is -2.48. The van der Waals surface area contributed by atoms with Gasteiger partial charge in [0.25, 0.3) is 0 Å². The SMILES string of the molecule is O=S(=O)(c1ccc2c(c1)OCCO2)N1CCn2cccc2[C@H]1c1ccc(Cl)cc1. The van der Waals surface area contributed by atoms with Crippen LogP contribution in [0.3, 0.4) is 0 Å². The molecule has 0 saturated heterocycles. The van der Waals surface area contributed by atoms with Crippen LogP contribution in [0.25, 0.3) is 0 Å². The topological polar surface area (TPSA) is 60.8 Å². The van der Waals surface area contributed by atoms with Crippen LogP contribution in [0.1, 0.15) is 17.3 Å². The lowest BCUT2D eigenvalue weighted by Gasteiger charge is -2.36. The van der Waals surface area contributed by atoms with Crippen LogP contribution in [-0.4, -0.2) is 37.0 Å². The molecule has 1 aromatic heterocycles. The summed E-state index contributed by atoms with van der Waals surface area (Å²) in [7, 11) is -3.77. The summed E-state index contributed by atoms with van der Waals surface area (Å²) in [6.45, 7) is 1.82. The van der Waals surface area contributed by atoms with Gasteiger partial charge in [0.15, 0.2) is 11.5 Å². The zero-order valence-electron chi connectivity index (χ0n) is 15.5. The molecule has 0 bridgehead atoms. The van der Waals surface area contributed by atoms with Gasteiger partial charge < -0.3 is 14.0 Å². The molecule has 0 unspecified atom stereocenters. The number of aromatic nitrogens is 1. The summed E-state index contributed by atoms with van der Waals surface area (Å²) < 4.78 is 42.1.